The highest BCUT2D eigenvalue weighted by atomic mass is 32.1. The van der Waals surface area contributed by atoms with E-state index in [4.69, 9.17) is 0 Å². The Morgan fingerprint density at radius 1 is 1.22 bits per heavy atom. The molecule has 0 radical (unpaired) electrons. The molecule has 0 aromatic carbocycles. The molecule has 0 saturated heterocycles. The fourth-order valence-electron chi connectivity index (χ4n) is 1.84. The molecule has 1 aliphatic heterocycles. The third-order valence-electron chi connectivity index (χ3n) is 2.61. The largest absolute Gasteiger partial charge is 0.433 e. The number of alkyl halides is 3. The van der Waals surface area contributed by atoms with E-state index in [2.05, 4.69) is 20.3 Å². The molecule has 0 saturated carbocycles. The highest BCUT2D eigenvalue weighted by molar-refractivity contribution is 7.13. The van der Waals surface area contributed by atoms with Crippen LogP contribution in [0.1, 0.15) is 17.0 Å². The van der Waals surface area contributed by atoms with Crippen LogP contribution in [0.2, 0.25) is 0 Å². The van der Waals surface area contributed by atoms with Gasteiger partial charge in [0.1, 0.15) is 0 Å². The topological polar surface area (TPSA) is 50.7 Å². The molecule has 0 spiro atoms. The second-order valence-electron chi connectivity index (χ2n) is 3.79. The van der Waals surface area contributed by atoms with Crippen molar-refractivity contribution in [1.29, 1.82) is 0 Å². The third kappa shape index (κ3) is 1.87. The maximum absolute atomic E-state index is 12.9. The first kappa shape index (κ1) is 11.5. The Morgan fingerprint density at radius 2 is 2.06 bits per heavy atom. The predicted molar refractivity (Wildman–Crippen MR) is 58.7 cm³/mol. The number of thiazole rings is 1. The van der Waals surface area contributed by atoms with Crippen molar-refractivity contribution in [3.05, 3.63) is 28.7 Å². The van der Waals surface area contributed by atoms with Gasteiger partial charge in [-0.15, -0.1) is 11.3 Å². The second kappa shape index (κ2) is 3.99. The van der Waals surface area contributed by atoms with Crippen LogP contribution in [0.25, 0.3) is 10.7 Å². The highest BCUT2D eigenvalue weighted by Gasteiger charge is 2.38. The Morgan fingerprint density at radius 3 is 2.72 bits per heavy atom. The standard InChI is InChI=1S/C10H7F3N4S/c11-10(12,13)8-5-1-14-2-6(5)16-9(17-8)7-3-15-4-18-7/h3-4,14H,1-2H2. The van der Waals surface area contributed by atoms with Crippen molar-refractivity contribution >= 4 is 11.3 Å². The summed E-state index contributed by atoms with van der Waals surface area (Å²) in [5.41, 5.74) is 1.26. The summed E-state index contributed by atoms with van der Waals surface area (Å²) in [7, 11) is 0. The highest BCUT2D eigenvalue weighted by Crippen LogP contribution is 2.34. The van der Waals surface area contributed by atoms with Crippen LogP contribution in [-0.4, -0.2) is 15.0 Å². The minimum atomic E-state index is -4.46. The van der Waals surface area contributed by atoms with Gasteiger partial charge in [-0.25, -0.2) is 9.97 Å². The lowest BCUT2D eigenvalue weighted by Crippen LogP contribution is -2.14. The molecule has 0 bridgehead atoms. The van der Waals surface area contributed by atoms with Crippen molar-refractivity contribution in [2.75, 3.05) is 0 Å². The maximum atomic E-state index is 12.9. The first-order valence-electron chi connectivity index (χ1n) is 5.12. The fraction of sp³-hybridized carbons (Fsp3) is 0.300. The van der Waals surface area contributed by atoms with E-state index in [0.717, 1.165) is 0 Å². The van der Waals surface area contributed by atoms with Crippen molar-refractivity contribution in [3.8, 4) is 10.7 Å². The van der Waals surface area contributed by atoms with Crippen LogP contribution >= 0.6 is 11.3 Å². The molecule has 2 aromatic rings. The summed E-state index contributed by atoms with van der Waals surface area (Å²) < 4.78 is 38.8. The monoisotopic (exact) mass is 272 g/mol. The smallest absolute Gasteiger partial charge is 0.307 e. The van der Waals surface area contributed by atoms with Crippen molar-refractivity contribution in [2.45, 2.75) is 19.3 Å². The Bertz CT molecular complexity index is 580. The normalized spacial score (nSPS) is 14.8. The minimum Gasteiger partial charge on any atom is -0.307 e. The number of aromatic nitrogens is 3. The summed E-state index contributed by atoms with van der Waals surface area (Å²) in [4.78, 5) is 12.2. The van der Waals surface area contributed by atoms with Gasteiger partial charge in [0.25, 0.3) is 0 Å². The lowest BCUT2D eigenvalue weighted by molar-refractivity contribution is -0.141. The van der Waals surface area contributed by atoms with Gasteiger partial charge in [0, 0.05) is 24.8 Å². The number of rotatable bonds is 1. The van der Waals surface area contributed by atoms with Gasteiger partial charge in [-0.05, 0) is 0 Å². The van der Waals surface area contributed by atoms with Crippen LogP contribution in [0.3, 0.4) is 0 Å². The van der Waals surface area contributed by atoms with Crippen LogP contribution < -0.4 is 5.32 Å². The zero-order valence-electron chi connectivity index (χ0n) is 8.95. The van der Waals surface area contributed by atoms with Crippen molar-refractivity contribution in [1.82, 2.24) is 20.3 Å². The van der Waals surface area contributed by atoms with Gasteiger partial charge in [-0.3, -0.25) is 4.98 Å². The Labute approximate surface area is 104 Å². The minimum absolute atomic E-state index is 0.0901. The zero-order chi connectivity index (χ0) is 12.8. The number of hydrogen-bond acceptors (Lipinski definition) is 5. The Kier molecular flexibility index (Phi) is 2.56. The number of nitrogens with zero attached hydrogens (tertiary/aromatic N) is 3. The molecule has 8 heteroatoms. The summed E-state index contributed by atoms with van der Waals surface area (Å²) in [6.45, 7) is 0.500. The molecular formula is C10H7F3N4S. The lowest BCUT2D eigenvalue weighted by atomic mass is 10.2. The molecular weight excluding hydrogens is 265 g/mol. The molecule has 0 fully saturated rings. The van der Waals surface area contributed by atoms with E-state index < -0.39 is 11.9 Å². The van der Waals surface area contributed by atoms with Gasteiger partial charge in [0.2, 0.25) is 0 Å². The molecule has 0 aliphatic carbocycles. The van der Waals surface area contributed by atoms with E-state index in [1.165, 1.54) is 23.0 Å². The van der Waals surface area contributed by atoms with Gasteiger partial charge in [0.15, 0.2) is 11.5 Å². The predicted octanol–water partition coefficient (Wildman–Crippen LogP) is 2.22. The van der Waals surface area contributed by atoms with Crippen LogP contribution in [0, 0.1) is 0 Å². The molecule has 2 aromatic heterocycles. The molecule has 3 rings (SSSR count). The van der Waals surface area contributed by atoms with Crippen molar-refractivity contribution in [3.63, 3.8) is 0 Å². The molecule has 1 aliphatic rings. The van der Waals surface area contributed by atoms with Gasteiger partial charge in [-0.2, -0.15) is 13.2 Å². The van der Waals surface area contributed by atoms with E-state index >= 15 is 0 Å². The molecule has 0 atom stereocenters. The number of nitrogens with one attached hydrogen (secondary N) is 1. The molecule has 0 unspecified atom stereocenters. The summed E-state index contributed by atoms with van der Waals surface area (Å²) in [5.74, 6) is 0.0901. The van der Waals surface area contributed by atoms with Gasteiger partial charge in [-0.1, -0.05) is 0 Å². The fourth-order valence-corrected chi connectivity index (χ4v) is 2.39. The number of hydrogen-bond donors (Lipinski definition) is 1. The SMILES string of the molecule is FC(F)(F)c1nc(-c2cncs2)nc2c1CNC2. The van der Waals surface area contributed by atoms with E-state index in [1.807, 2.05) is 0 Å². The summed E-state index contributed by atoms with van der Waals surface area (Å²) in [6, 6.07) is 0. The summed E-state index contributed by atoms with van der Waals surface area (Å²) >= 11 is 1.22. The molecule has 18 heavy (non-hydrogen) atoms. The number of fused-ring (bicyclic) bond motifs is 1. The molecule has 4 nitrogen and oxygen atoms in total. The number of halogens is 3. The van der Waals surface area contributed by atoms with Gasteiger partial charge < -0.3 is 5.32 Å². The van der Waals surface area contributed by atoms with Crippen LogP contribution in [0.15, 0.2) is 11.7 Å². The van der Waals surface area contributed by atoms with Crippen LogP contribution in [0.4, 0.5) is 13.2 Å². The molecule has 0 amide bonds. The van der Waals surface area contributed by atoms with Gasteiger partial charge >= 0.3 is 6.18 Å². The Balaban J connectivity index is 2.20. The lowest BCUT2D eigenvalue weighted by Gasteiger charge is -2.11. The average molecular weight is 272 g/mol. The molecule has 3 heterocycles. The van der Waals surface area contributed by atoms with Crippen LogP contribution in [-0.2, 0) is 19.3 Å². The van der Waals surface area contributed by atoms with Gasteiger partial charge in [0.05, 0.1) is 16.1 Å². The van der Waals surface area contributed by atoms with E-state index in [-0.39, 0.29) is 17.9 Å². The van der Waals surface area contributed by atoms with E-state index in [9.17, 15) is 13.2 Å². The average Bonchev–Trinajstić information content (AvgIpc) is 2.97. The Hall–Kier alpha value is -1.54. The zero-order valence-corrected chi connectivity index (χ0v) is 9.77. The van der Waals surface area contributed by atoms with E-state index in [0.29, 0.717) is 17.1 Å². The second-order valence-corrected chi connectivity index (χ2v) is 4.67. The summed E-state index contributed by atoms with van der Waals surface area (Å²) in [6.07, 6.45) is -2.99. The van der Waals surface area contributed by atoms with Crippen molar-refractivity contribution in [2.24, 2.45) is 0 Å². The molecule has 1 N–H and O–H groups in total. The van der Waals surface area contributed by atoms with Crippen molar-refractivity contribution < 1.29 is 13.2 Å². The first-order chi connectivity index (χ1) is 8.55. The third-order valence-corrected chi connectivity index (χ3v) is 3.38. The van der Waals surface area contributed by atoms with Crippen LogP contribution in [0.5, 0.6) is 0 Å². The molecule has 94 valence electrons. The quantitative estimate of drug-likeness (QED) is 0.864. The summed E-state index contributed by atoms with van der Waals surface area (Å²) in [5, 5.41) is 2.86. The van der Waals surface area contributed by atoms with E-state index in [1.54, 1.807) is 0 Å². The maximum Gasteiger partial charge on any atom is 0.433 e. The first-order valence-corrected chi connectivity index (χ1v) is 6.00.